The van der Waals surface area contributed by atoms with E-state index in [1.54, 1.807) is 0 Å². The highest BCUT2D eigenvalue weighted by Crippen LogP contribution is 2.25. The Morgan fingerprint density at radius 1 is 1.42 bits per heavy atom. The van der Waals surface area contributed by atoms with Crippen molar-refractivity contribution in [3.8, 4) is 0 Å². The number of aliphatic hydroxyl groups is 1. The van der Waals surface area contributed by atoms with E-state index in [4.69, 9.17) is 4.74 Å². The molecule has 0 aromatic heterocycles. The fourth-order valence-electron chi connectivity index (χ4n) is 2.95. The first kappa shape index (κ1) is 15.2. The summed E-state index contributed by atoms with van der Waals surface area (Å²) in [4.78, 5) is 2.55. The molecule has 4 heteroatoms. The Morgan fingerprint density at radius 3 is 2.84 bits per heavy atom. The summed E-state index contributed by atoms with van der Waals surface area (Å²) >= 11 is 0. The van der Waals surface area contributed by atoms with Crippen molar-refractivity contribution in [1.82, 2.24) is 10.2 Å². The van der Waals surface area contributed by atoms with Gasteiger partial charge in [-0.05, 0) is 45.6 Å². The van der Waals surface area contributed by atoms with Gasteiger partial charge in [0.2, 0.25) is 0 Å². The van der Waals surface area contributed by atoms with Crippen molar-refractivity contribution < 1.29 is 9.84 Å². The molecule has 4 nitrogen and oxygen atoms in total. The molecule has 0 aromatic rings. The summed E-state index contributed by atoms with van der Waals surface area (Å²) in [6.45, 7) is 8.57. The predicted octanol–water partition coefficient (Wildman–Crippen LogP) is 1.38. The summed E-state index contributed by atoms with van der Waals surface area (Å²) in [7, 11) is 0. The Morgan fingerprint density at radius 2 is 2.21 bits per heavy atom. The van der Waals surface area contributed by atoms with Gasteiger partial charge in [0.15, 0.2) is 0 Å². The third-order valence-corrected chi connectivity index (χ3v) is 4.47. The third-order valence-electron chi connectivity index (χ3n) is 4.47. The molecule has 0 radical (unpaired) electrons. The number of aliphatic hydroxyl groups excluding tert-OH is 1. The van der Waals surface area contributed by atoms with Crippen molar-refractivity contribution in [2.45, 2.75) is 63.6 Å². The van der Waals surface area contributed by atoms with Crippen LogP contribution in [-0.2, 0) is 4.74 Å². The van der Waals surface area contributed by atoms with Gasteiger partial charge in [-0.1, -0.05) is 6.92 Å². The minimum absolute atomic E-state index is 0.0881. The quantitative estimate of drug-likeness (QED) is 0.699. The van der Waals surface area contributed by atoms with Gasteiger partial charge in [-0.2, -0.15) is 0 Å². The zero-order chi connectivity index (χ0) is 13.7. The molecule has 2 atom stereocenters. The summed E-state index contributed by atoms with van der Waals surface area (Å²) in [6.07, 6.45) is 5.91. The minimum atomic E-state index is -0.0881. The van der Waals surface area contributed by atoms with Crippen molar-refractivity contribution in [3.05, 3.63) is 0 Å². The molecule has 0 spiro atoms. The minimum Gasteiger partial charge on any atom is -0.394 e. The largest absolute Gasteiger partial charge is 0.394 e. The number of hydrogen-bond acceptors (Lipinski definition) is 4. The molecule has 2 N–H and O–H groups in total. The number of nitrogens with zero attached hydrogens (tertiary/aromatic N) is 1. The maximum absolute atomic E-state index is 9.60. The molecule has 1 saturated heterocycles. The number of morpholine rings is 1. The van der Waals surface area contributed by atoms with E-state index >= 15 is 0 Å². The Kier molecular flexibility index (Phi) is 5.63. The van der Waals surface area contributed by atoms with Gasteiger partial charge in [0.1, 0.15) is 0 Å². The molecule has 1 saturated carbocycles. The molecule has 2 aliphatic rings. The van der Waals surface area contributed by atoms with Gasteiger partial charge in [0.05, 0.1) is 19.8 Å². The van der Waals surface area contributed by atoms with Crippen LogP contribution in [0.3, 0.4) is 0 Å². The Labute approximate surface area is 117 Å². The van der Waals surface area contributed by atoms with Crippen molar-refractivity contribution in [1.29, 1.82) is 0 Å². The second-order valence-electron chi connectivity index (χ2n) is 6.41. The zero-order valence-corrected chi connectivity index (χ0v) is 12.5. The van der Waals surface area contributed by atoms with Crippen LogP contribution in [0.5, 0.6) is 0 Å². The van der Waals surface area contributed by atoms with Crippen LogP contribution in [0.1, 0.15) is 46.0 Å². The molecule has 19 heavy (non-hydrogen) atoms. The van der Waals surface area contributed by atoms with E-state index in [0.717, 1.165) is 45.6 Å². The van der Waals surface area contributed by atoms with Crippen LogP contribution >= 0.6 is 0 Å². The molecule has 2 unspecified atom stereocenters. The van der Waals surface area contributed by atoms with E-state index in [9.17, 15) is 5.11 Å². The lowest BCUT2D eigenvalue weighted by atomic mass is 9.96. The van der Waals surface area contributed by atoms with Crippen molar-refractivity contribution >= 4 is 0 Å². The monoisotopic (exact) mass is 270 g/mol. The van der Waals surface area contributed by atoms with Crippen LogP contribution in [0.2, 0.25) is 0 Å². The predicted molar refractivity (Wildman–Crippen MR) is 77.4 cm³/mol. The highest BCUT2D eigenvalue weighted by atomic mass is 16.5. The van der Waals surface area contributed by atoms with Crippen molar-refractivity contribution in [3.63, 3.8) is 0 Å². The molecule has 1 aliphatic heterocycles. The maximum Gasteiger partial charge on any atom is 0.0622 e. The Balaban J connectivity index is 1.71. The SMILES string of the molecule is CCC1COCCN1CCCC(C)(CO)NC1CC1. The van der Waals surface area contributed by atoms with Gasteiger partial charge in [-0.3, -0.25) is 4.90 Å². The molecule has 2 rings (SSSR count). The molecule has 1 aliphatic carbocycles. The molecule has 0 amide bonds. The summed E-state index contributed by atoms with van der Waals surface area (Å²) in [5, 5.41) is 13.2. The number of ether oxygens (including phenoxy) is 1. The summed E-state index contributed by atoms with van der Waals surface area (Å²) in [6, 6.07) is 1.24. The van der Waals surface area contributed by atoms with Gasteiger partial charge in [0.25, 0.3) is 0 Å². The van der Waals surface area contributed by atoms with E-state index in [1.807, 2.05) is 0 Å². The first-order valence-electron chi connectivity index (χ1n) is 7.87. The van der Waals surface area contributed by atoms with Gasteiger partial charge < -0.3 is 15.2 Å². The molecule has 2 fully saturated rings. The summed E-state index contributed by atoms with van der Waals surface area (Å²) in [5.74, 6) is 0. The molecule has 1 heterocycles. The van der Waals surface area contributed by atoms with E-state index in [-0.39, 0.29) is 12.1 Å². The van der Waals surface area contributed by atoms with Crippen molar-refractivity contribution in [2.24, 2.45) is 0 Å². The standard InChI is InChI=1S/C15H30N2O2/c1-3-14-11-19-10-9-17(14)8-4-7-15(2,12-18)16-13-5-6-13/h13-14,16,18H,3-12H2,1-2H3. The number of hydrogen-bond donors (Lipinski definition) is 2. The average Bonchev–Trinajstić information content (AvgIpc) is 3.23. The fourth-order valence-corrected chi connectivity index (χ4v) is 2.95. The highest BCUT2D eigenvalue weighted by Gasteiger charge is 2.32. The smallest absolute Gasteiger partial charge is 0.0622 e. The summed E-state index contributed by atoms with van der Waals surface area (Å²) < 4.78 is 5.54. The first-order chi connectivity index (χ1) is 9.17. The van der Waals surface area contributed by atoms with Gasteiger partial charge in [-0.15, -0.1) is 0 Å². The second kappa shape index (κ2) is 7.02. The van der Waals surface area contributed by atoms with E-state index < -0.39 is 0 Å². The topological polar surface area (TPSA) is 44.7 Å². The van der Waals surface area contributed by atoms with Crippen LogP contribution in [0.15, 0.2) is 0 Å². The zero-order valence-electron chi connectivity index (χ0n) is 12.5. The van der Waals surface area contributed by atoms with Crippen LogP contribution in [-0.4, -0.2) is 60.5 Å². The van der Waals surface area contributed by atoms with Crippen LogP contribution in [0, 0.1) is 0 Å². The lowest BCUT2D eigenvalue weighted by Gasteiger charge is -2.36. The van der Waals surface area contributed by atoms with E-state index in [2.05, 4.69) is 24.1 Å². The van der Waals surface area contributed by atoms with E-state index in [1.165, 1.54) is 12.8 Å². The van der Waals surface area contributed by atoms with E-state index in [0.29, 0.717) is 12.1 Å². The van der Waals surface area contributed by atoms with Crippen LogP contribution in [0.25, 0.3) is 0 Å². The Hall–Kier alpha value is -0.160. The van der Waals surface area contributed by atoms with Crippen LogP contribution in [0.4, 0.5) is 0 Å². The maximum atomic E-state index is 9.60. The lowest BCUT2D eigenvalue weighted by Crippen LogP contribution is -2.49. The highest BCUT2D eigenvalue weighted by molar-refractivity contribution is 4.92. The third kappa shape index (κ3) is 4.71. The first-order valence-corrected chi connectivity index (χ1v) is 7.87. The average molecular weight is 270 g/mol. The van der Waals surface area contributed by atoms with Crippen LogP contribution < -0.4 is 5.32 Å². The lowest BCUT2D eigenvalue weighted by molar-refractivity contribution is -0.0103. The molecule has 0 aromatic carbocycles. The van der Waals surface area contributed by atoms with Gasteiger partial charge in [0, 0.05) is 24.2 Å². The Bertz CT molecular complexity index is 271. The molecule has 112 valence electrons. The molecular weight excluding hydrogens is 240 g/mol. The number of rotatable bonds is 8. The molecular formula is C15H30N2O2. The van der Waals surface area contributed by atoms with Gasteiger partial charge in [-0.25, -0.2) is 0 Å². The number of nitrogens with one attached hydrogen (secondary N) is 1. The van der Waals surface area contributed by atoms with Crippen molar-refractivity contribution in [2.75, 3.05) is 32.9 Å². The molecule has 0 bridgehead atoms. The normalized spacial score (nSPS) is 28.3. The summed E-state index contributed by atoms with van der Waals surface area (Å²) in [5.41, 5.74) is -0.0881. The fraction of sp³-hybridized carbons (Fsp3) is 1.00. The van der Waals surface area contributed by atoms with Gasteiger partial charge >= 0.3 is 0 Å². The second-order valence-corrected chi connectivity index (χ2v) is 6.41.